The molecule has 2 atom stereocenters. The smallest absolute Gasteiger partial charge is 0.262 e. The molecule has 0 radical (unpaired) electrons. The van der Waals surface area contributed by atoms with Crippen molar-refractivity contribution in [3.05, 3.63) is 24.3 Å². The highest BCUT2D eigenvalue weighted by atomic mass is 32.2. The van der Waals surface area contributed by atoms with E-state index < -0.39 is 15.7 Å². The average molecular weight is 408 g/mol. The molecule has 0 spiro atoms. The van der Waals surface area contributed by atoms with Crippen molar-refractivity contribution in [1.82, 2.24) is 0 Å². The summed E-state index contributed by atoms with van der Waals surface area (Å²) in [5.74, 6) is 0.259. The number of nitriles is 1. The van der Waals surface area contributed by atoms with Crippen LogP contribution < -0.4 is 9.64 Å². The van der Waals surface area contributed by atoms with E-state index in [0.717, 1.165) is 18.5 Å². The Morgan fingerprint density at radius 1 is 1.44 bits per heavy atom. The molecule has 9 heteroatoms. The second-order valence-corrected chi connectivity index (χ2v) is 9.85. The van der Waals surface area contributed by atoms with Gasteiger partial charge in [0.15, 0.2) is 15.0 Å². The minimum absolute atomic E-state index is 0.0248. The van der Waals surface area contributed by atoms with E-state index in [-0.39, 0.29) is 29.2 Å². The predicted molar refractivity (Wildman–Crippen MR) is 106 cm³/mol. The molecule has 0 unspecified atom stereocenters. The summed E-state index contributed by atoms with van der Waals surface area (Å²) in [4.78, 5) is 17.7. The lowest BCUT2D eigenvalue weighted by molar-refractivity contribution is -0.116. The number of unbranched alkanes of at least 4 members (excludes halogenated alkanes) is 1. The summed E-state index contributed by atoms with van der Waals surface area (Å²) in [6, 6.07) is 8.90. The first-order chi connectivity index (χ1) is 12.9. The number of hydrogen-bond donors (Lipinski definition) is 0. The second-order valence-electron chi connectivity index (χ2n) is 6.49. The van der Waals surface area contributed by atoms with Crippen LogP contribution in [0.4, 0.5) is 5.69 Å². The van der Waals surface area contributed by atoms with Gasteiger partial charge in [-0.15, -0.1) is 0 Å². The number of hydrogen-bond acceptors (Lipinski definition) is 6. The van der Waals surface area contributed by atoms with Crippen LogP contribution in [-0.4, -0.2) is 48.9 Å². The number of carbonyl (C=O) groups excluding carboxylic acids is 1. The molecule has 2 aliphatic heterocycles. The maximum atomic E-state index is 12.1. The lowest BCUT2D eigenvalue weighted by atomic mass is 10.2. The largest absolute Gasteiger partial charge is 0.494 e. The molecule has 2 saturated heterocycles. The van der Waals surface area contributed by atoms with Crippen molar-refractivity contribution >= 4 is 38.4 Å². The zero-order valence-electron chi connectivity index (χ0n) is 15.0. The molecule has 0 aromatic heterocycles. The number of anilines is 1. The first kappa shape index (κ1) is 19.7. The Labute approximate surface area is 163 Å². The van der Waals surface area contributed by atoms with Gasteiger partial charge in [0.25, 0.3) is 5.91 Å². The number of amides is 1. The fraction of sp³-hybridized carbons (Fsp3) is 0.500. The number of carbonyl (C=O) groups is 1. The third-order valence-corrected chi connectivity index (χ3v) is 7.59. The van der Waals surface area contributed by atoms with E-state index in [9.17, 15) is 13.2 Å². The molecule has 1 amide bonds. The summed E-state index contributed by atoms with van der Waals surface area (Å²) in [7, 11) is -3.12. The van der Waals surface area contributed by atoms with Gasteiger partial charge in [0.1, 0.15) is 12.2 Å². The highest BCUT2D eigenvalue weighted by Crippen LogP contribution is 2.41. The van der Waals surface area contributed by atoms with Gasteiger partial charge >= 0.3 is 0 Å². The van der Waals surface area contributed by atoms with Crippen LogP contribution in [0.5, 0.6) is 5.75 Å². The molecule has 144 valence electrons. The lowest BCUT2D eigenvalue weighted by Gasteiger charge is -2.25. The van der Waals surface area contributed by atoms with E-state index in [4.69, 9.17) is 10.00 Å². The molecule has 1 aromatic rings. The average Bonchev–Trinajstić information content (AvgIpc) is 3.06. The predicted octanol–water partition coefficient (Wildman–Crippen LogP) is 2.38. The van der Waals surface area contributed by atoms with Crippen molar-refractivity contribution in [2.45, 2.75) is 37.5 Å². The van der Waals surface area contributed by atoms with Crippen LogP contribution in [-0.2, 0) is 14.6 Å². The Bertz CT molecular complexity index is 892. The Morgan fingerprint density at radius 2 is 2.26 bits per heavy atom. The van der Waals surface area contributed by atoms with E-state index in [0.29, 0.717) is 17.5 Å². The second kappa shape index (κ2) is 8.31. The van der Waals surface area contributed by atoms with Gasteiger partial charge in [-0.05, 0) is 18.6 Å². The molecule has 0 N–H and O–H groups in total. The maximum Gasteiger partial charge on any atom is 0.262 e. The first-order valence-corrected chi connectivity index (χ1v) is 11.5. The zero-order chi connectivity index (χ0) is 19.4. The fourth-order valence-corrected chi connectivity index (χ4v) is 7.07. The SMILES string of the molecule is CCCCOc1cccc(N2C(=NC(=O)CC#N)S[C@@H]3CS(=O)(=O)C[C@H]32)c1. The summed E-state index contributed by atoms with van der Waals surface area (Å²) >= 11 is 1.29. The lowest BCUT2D eigenvalue weighted by Crippen LogP contribution is -2.37. The number of sulfone groups is 1. The van der Waals surface area contributed by atoms with Crippen LogP contribution >= 0.6 is 11.8 Å². The Morgan fingerprint density at radius 3 is 3.00 bits per heavy atom. The monoisotopic (exact) mass is 407 g/mol. The number of amidine groups is 1. The van der Waals surface area contributed by atoms with Crippen molar-refractivity contribution in [2.24, 2.45) is 4.99 Å². The summed E-state index contributed by atoms with van der Waals surface area (Å²) in [6.45, 7) is 2.69. The molecule has 1 aromatic carbocycles. The van der Waals surface area contributed by atoms with Crippen LogP contribution in [0.25, 0.3) is 0 Å². The van der Waals surface area contributed by atoms with Crippen molar-refractivity contribution in [1.29, 1.82) is 5.26 Å². The number of nitrogens with zero attached hydrogens (tertiary/aromatic N) is 3. The van der Waals surface area contributed by atoms with Crippen molar-refractivity contribution in [3.8, 4) is 11.8 Å². The Balaban J connectivity index is 1.91. The van der Waals surface area contributed by atoms with Gasteiger partial charge in [0.2, 0.25) is 0 Å². The minimum Gasteiger partial charge on any atom is -0.494 e. The van der Waals surface area contributed by atoms with E-state index >= 15 is 0 Å². The third-order valence-electron chi connectivity index (χ3n) is 4.38. The Hall–Kier alpha value is -2.05. The summed E-state index contributed by atoms with van der Waals surface area (Å²) < 4.78 is 29.9. The van der Waals surface area contributed by atoms with E-state index in [2.05, 4.69) is 11.9 Å². The minimum atomic E-state index is -3.12. The molecule has 2 fully saturated rings. The molecule has 2 aliphatic rings. The maximum absolute atomic E-state index is 12.1. The van der Waals surface area contributed by atoms with Crippen molar-refractivity contribution in [3.63, 3.8) is 0 Å². The molecular weight excluding hydrogens is 386 g/mol. The standard InChI is InChI=1S/C18H21N3O4S2/c1-2-3-9-25-14-6-4-5-13(10-14)21-15-11-27(23,24)12-16(15)26-18(21)20-17(22)7-8-19/h4-6,10,15-16H,2-3,7,9,11-12H2,1H3/t15-,16-/m1/s1. The molecule has 0 bridgehead atoms. The molecule has 3 rings (SSSR count). The van der Waals surface area contributed by atoms with Crippen LogP contribution in [0.3, 0.4) is 0 Å². The molecule has 0 aliphatic carbocycles. The van der Waals surface area contributed by atoms with Crippen molar-refractivity contribution in [2.75, 3.05) is 23.0 Å². The quantitative estimate of drug-likeness (QED) is 0.668. The van der Waals surface area contributed by atoms with Crippen molar-refractivity contribution < 1.29 is 17.9 Å². The van der Waals surface area contributed by atoms with Gasteiger partial charge in [-0.2, -0.15) is 10.3 Å². The van der Waals surface area contributed by atoms with Crippen LogP contribution in [0, 0.1) is 11.3 Å². The number of rotatable bonds is 6. The number of ether oxygens (including phenoxy) is 1. The van der Waals surface area contributed by atoms with E-state index in [1.165, 1.54) is 11.8 Å². The molecular formula is C18H21N3O4S2. The Kier molecular flexibility index (Phi) is 6.07. The topological polar surface area (TPSA) is 99.8 Å². The van der Waals surface area contributed by atoms with Gasteiger partial charge < -0.3 is 9.64 Å². The van der Waals surface area contributed by atoms with Crippen LogP contribution in [0.15, 0.2) is 29.3 Å². The fourth-order valence-electron chi connectivity index (χ4n) is 3.14. The molecule has 0 saturated carbocycles. The number of aliphatic imine (C=N–C) groups is 1. The molecule has 7 nitrogen and oxygen atoms in total. The van der Waals surface area contributed by atoms with Gasteiger partial charge in [0.05, 0.1) is 30.2 Å². The van der Waals surface area contributed by atoms with Gasteiger partial charge in [-0.1, -0.05) is 31.2 Å². The van der Waals surface area contributed by atoms with Crippen LogP contribution in [0.2, 0.25) is 0 Å². The highest BCUT2D eigenvalue weighted by Gasteiger charge is 2.49. The summed E-state index contributed by atoms with van der Waals surface area (Å²) in [5, 5.41) is 8.98. The highest BCUT2D eigenvalue weighted by molar-refractivity contribution is 8.16. The number of fused-ring (bicyclic) bond motifs is 1. The number of thioether (sulfide) groups is 1. The number of benzene rings is 1. The van der Waals surface area contributed by atoms with Gasteiger partial charge in [-0.25, -0.2) is 8.42 Å². The first-order valence-electron chi connectivity index (χ1n) is 8.81. The molecule has 2 heterocycles. The van der Waals surface area contributed by atoms with E-state index in [1.54, 1.807) is 6.07 Å². The van der Waals surface area contributed by atoms with Crippen LogP contribution in [0.1, 0.15) is 26.2 Å². The summed E-state index contributed by atoms with van der Waals surface area (Å²) in [6.07, 6.45) is 1.68. The zero-order valence-corrected chi connectivity index (χ0v) is 16.6. The van der Waals surface area contributed by atoms with Gasteiger partial charge in [0, 0.05) is 17.0 Å². The third kappa shape index (κ3) is 4.62. The van der Waals surface area contributed by atoms with Gasteiger partial charge in [-0.3, -0.25) is 4.79 Å². The normalized spacial score (nSPS) is 24.6. The summed E-state index contributed by atoms with van der Waals surface area (Å²) in [5.41, 5.74) is 0.740. The molecule has 27 heavy (non-hydrogen) atoms. The van der Waals surface area contributed by atoms with E-state index in [1.807, 2.05) is 29.2 Å².